The monoisotopic (exact) mass is 298 g/mol. The fraction of sp³-hybridized carbons (Fsp3) is 0.800. The van der Waals surface area contributed by atoms with Gasteiger partial charge in [-0.05, 0) is 25.2 Å². The molecule has 0 aromatic carbocycles. The van der Waals surface area contributed by atoms with Crippen molar-refractivity contribution in [2.24, 2.45) is 5.41 Å². The lowest BCUT2D eigenvalue weighted by molar-refractivity contribution is -0.139. The van der Waals surface area contributed by atoms with E-state index in [2.05, 4.69) is 10.6 Å². The van der Waals surface area contributed by atoms with Crippen molar-refractivity contribution in [1.82, 2.24) is 10.6 Å². The highest BCUT2D eigenvalue weighted by molar-refractivity contribution is 5.95. The number of urea groups is 1. The van der Waals surface area contributed by atoms with E-state index in [0.717, 1.165) is 25.7 Å². The Labute approximate surface area is 125 Å². The van der Waals surface area contributed by atoms with Crippen LogP contribution >= 0.6 is 0 Å². The maximum Gasteiger partial charge on any atom is 0.321 e. The molecule has 3 amide bonds. The number of carboxylic acids is 1. The number of aliphatic carboxylic acids is 1. The third-order valence-corrected chi connectivity index (χ3v) is 3.89. The third-order valence-electron chi connectivity index (χ3n) is 3.89. The summed E-state index contributed by atoms with van der Waals surface area (Å²) in [6.07, 6.45) is 5.06. The van der Waals surface area contributed by atoms with Crippen molar-refractivity contribution in [1.29, 1.82) is 0 Å². The van der Waals surface area contributed by atoms with Gasteiger partial charge in [-0.3, -0.25) is 14.9 Å². The fourth-order valence-corrected chi connectivity index (χ4v) is 2.84. The molecule has 21 heavy (non-hydrogen) atoms. The quantitative estimate of drug-likeness (QED) is 0.726. The summed E-state index contributed by atoms with van der Waals surface area (Å²) in [7, 11) is 0. The van der Waals surface area contributed by atoms with Gasteiger partial charge in [-0.15, -0.1) is 0 Å². The van der Waals surface area contributed by atoms with Gasteiger partial charge in [-0.1, -0.05) is 33.1 Å². The first-order valence-electron chi connectivity index (χ1n) is 7.46. The fourth-order valence-electron chi connectivity index (χ4n) is 2.84. The van der Waals surface area contributed by atoms with Crippen LogP contribution in [0.2, 0.25) is 0 Å². The van der Waals surface area contributed by atoms with Crippen LogP contribution in [-0.4, -0.2) is 28.6 Å². The molecule has 0 heterocycles. The minimum absolute atomic E-state index is 0.00341. The second kappa shape index (κ2) is 6.91. The highest BCUT2D eigenvalue weighted by Gasteiger charge is 2.30. The smallest absolute Gasteiger partial charge is 0.321 e. The normalized spacial score (nSPS) is 17.9. The summed E-state index contributed by atoms with van der Waals surface area (Å²) < 4.78 is 0. The van der Waals surface area contributed by atoms with E-state index in [1.165, 1.54) is 6.42 Å². The van der Waals surface area contributed by atoms with E-state index in [-0.39, 0.29) is 18.4 Å². The number of hydrogen-bond donors (Lipinski definition) is 3. The van der Waals surface area contributed by atoms with Gasteiger partial charge in [0.15, 0.2) is 0 Å². The maximum absolute atomic E-state index is 11.9. The molecule has 0 spiro atoms. The van der Waals surface area contributed by atoms with E-state index < -0.39 is 23.3 Å². The van der Waals surface area contributed by atoms with Gasteiger partial charge in [-0.2, -0.15) is 0 Å². The zero-order valence-corrected chi connectivity index (χ0v) is 13.1. The van der Waals surface area contributed by atoms with Gasteiger partial charge in [0.1, 0.15) is 0 Å². The van der Waals surface area contributed by atoms with Crippen molar-refractivity contribution in [3.05, 3.63) is 0 Å². The Balaban J connectivity index is 2.43. The van der Waals surface area contributed by atoms with Crippen molar-refractivity contribution in [2.45, 2.75) is 71.3 Å². The predicted octanol–water partition coefficient (Wildman–Crippen LogP) is 2.43. The lowest BCUT2D eigenvalue weighted by Gasteiger charge is -2.34. The zero-order chi connectivity index (χ0) is 16.1. The standard InChI is InChI=1S/C15H26N2O4/c1-14(2,10-12(19)20)9-11(18)16-13(21)17-15(3)7-5-4-6-8-15/h4-10H2,1-3H3,(H,19,20)(H2,16,17,18,21). The summed E-state index contributed by atoms with van der Waals surface area (Å²) in [5.74, 6) is -1.40. The van der Waals surface area contributed by atoms with Crippen LogP contribution < -0.4 is 10.6 Å². The Morgan fingerprint density at radius 3 is 2.19 bits per heavy atom. The third kappa shape index (κ3) is 6.60. The van der Waals surface area contributed by atoms with E-state index in [1.807, 2.05) is 6.92 Å². The number of amides is 3. The number of carbonyl (C=O) groups is 3. The Bertz CT molecular complexity index is 412. The summed E-state index contributed by atoms with van der Waals surface area (Å²) in [4.78, 5) is 34.4. The Morgan fingerprint density at radius 1 is 1.10 bits per heavy atom. The molecule has 6 heteroatoms. The van der Waals surface area contributed by atoms with Gasteiger partial charge in [-0.25, -0.2) is 4.79 Å². The number of hydrogen-bond acceptors (Lipinski definition) is 3. The highest BCUT2D eigenvalue weighted by Crippen LogP contribution is 2.27. The topological polar surface area (TPSA) is 95.5 Å². The number of carboxylic acid groups (broad SMARTS) is 1. The second-order valence-electron chi connectivity index (χ2n) is 7.04. The van der Waals surface area contributed by atoms with Crippen molar-refractivity contribution >= 4 is 17.9 Å². The molecule has 0 bridgehead atoms. The molecule has 1 rings (SSSR count). The van der Waals surface area contributed by atoms with E-state index in [4.69, 9.17) is 5.11 Å². The van der Waals surface area contributed by atoms with Gasteiger partial charge in [0.25, 0.3) is 0 Å². The number of imide groups is 1. The van der Waals surface area contributed by atoms with Crippen LogP contribution in [0.25, 0.3) is 0 Å². The molecule has 120 valence electrons. The van der Waals surface area contributed by atoms with Crippen molar-refractivity contribution in [3.8, 4) is 0 Å². The first-order valence-corrected chi connectivity index (χ1v) is 7.46. The summed E-state index contributed by atoms with van der Waals surface area (Å²) in [5, 5.41) is 13.9. The van der Waals surface area contributed by atoms with Crippen LogP contribution in [-0.2, 0) is 9.59 Å². The SMILES string of the molecule is CC(C)(CC(=O)O)CC(=O)NC(=O)NC1(C)CCCCC1. The highest BCUT2D eigenvalue weighted by atomic mass is 16.4. The zero-order valence-electron chi connectivity index (χ0n) is 13.1. The first-order chi connectivity index (χ1) is 9.62. The van der Waals surface area contributed by atoms with E-state index in [0.29, 0.717) is 0 Å². The Kier molecular flexibility index (Phi) is 5.75. The molecule has 0 radical (unpaired) electrons. The van der Waals surface area contributed by atoms with Crippen LogP contribution in [0.1, 0.15) is 65.7 Å². The maximum atomic E-state index is 11.9. The molecule has 0 aromatic heterocycles. The van der Waals surface area contributed by atoms with Crippen molar-refractivity contribution in [3.63, 3.8) is 0 Å². The molecule has 0 unspecified atom stereocenters. The average molecular weight is 298 g/mol. The number of rotatable bonds is 5. The van der Waals surface area contributed by atoms with Crippen LogP contribution in [0.4, 0.5) is 4.79 Å². The largest absolute Gasteiger partial charge is 0.481 e. The summed E-state index contributed by atoms with van der Waals surface area (Å²) >= 11 is 0. The van der Waals surface area contributed by atoms with Crippen LogP contribution in [0.15, 0.2) is 0 Å². The molecule has 0 aliphatic heterocycles. The van der Waals surface area contributed by atoms with E-state index >= 15 is 0 Å². The van der Waals surface area contributed by atoms with Crippen LogP contribution in [0, 0.1) is 5.41 Å². The van der Waals surface area contributed by atoms with E-state index in [1.54, 1.807) is 13.8 Å². The minimum Gasteiger partial charge on any atom is -0.481 e. The summed E-state index contributed by atoms with van der Waals surface area (Å²) in [6, 6.07) is -0.490. The van der Waals surface area contributed by atoms with Crippen LogP contribution in [0.5, 0.6) is 0 Å². The van der Waals surface area contributed by atoms with Crippen molar-refractivity contribution in [2.75, 3.05) is 0 Å². The lowest BCUT2D eigenvalue weighted by Crippen LogP contribution is -2.52. The molecule has 0 saturated heterocycles. The molecule has 0 aromatic rings. The molecule has 1 fully saturated rings. The molecule has 1 aliphatic carbocycles. The average Bonchev–Trinajstić information content (AvgIpc) is 2.24. The molecular weight excluding hydrogens is 272 g/mol. The predicted molar refractivity (Wildman–Crippen MR) is 78.8 cm³/mol. The molecule has 6 nitrogen and oxygen atoms in total. The van der Waals surface area contributed by atoms with Gasteiger partial charge in [0, 0.05) is 12.0 Å². The summed E-state index contributed by atoms with van der Waals surface area (Å²) in [6.45, 7) is 5.38. The lowest BCUT2D eigenvalue weighted by atomic mass is 9.83. The molecular formula is C15H26N2O4. The van der Waals surface area contributed by atoms with Crippen molar-refractivity contribution < 1.29 is 19.5 Å². The molecule has 1 saturated carbocycles. The minimum atomic E-state index is -0.952. The van der Waals surface area contributed by atoms with Crippen LogP contribution in [0.3, 0.4) is 0 Å². The molecule has 3 N–H and O–H groups in total. The molecule has 1 aliphatic rings. The summed E-state index contributed by atoms with van der Waals surface area (Å²) in [5.41, 5.74) is -0.926. The number of nitrogens with one attached hydrogen (secondary N) is 2. The first kappa shape index (κ1) is 17.5. The van der Waals surface area contributed by atoms with Gasteiger partial charge in [0.05, 0.1) is 6.42 Å². The van der Waals surface area contributed by atoms with Gasteiger partial charge in [0.2, 0.25) is 5.91 Å². The molecule has 0 atom stereocenters. The Hall–Kier alpha value is -1.59. The Morgan fingerprint density at radius 2 is 1.67 bits per heavy atom. The number of carbonyl (C=O) groups excluding carboxylic acids is 2. The second-order valence-corrected chi connectivity index (χ2v) is 7.04. The van der Waals surface area contributed by atoms with E-state index in [9.17, 15) is 14.4 Å². The van der Waals surface area contributed by atoms with Gasteiger partial charge < -0.3 is 10.4 Å². The van der Waals surface area contributed by atoms with Gasteiger partial charge >= 0.3 is 12.0 Å².